The molecular formula is C22H29BO. The van der Waals surface area contributed by atoms with Crippen LogP contribution in [0.25, 0.3) is 0 Å². The van der Waals surface area contributed by atoms with Gasteiger partial charge in [0.05, 0.1) is 0 Å². The highest BCUT2D eigenvalue weighted by Gasteiger charge is 2.31. The van der Waals surface area contributed by atoms with Gasteiger partial charge in [-0.1, -0.05) is 85.7 Å². The predicted octanol–water partition coefficient (Wildman–Crippen LogP) is 6.10. The number of aryl methyl sites for hydroxylation is 3. The van der Waals surface area contributed by atoms with Crippen molar-refractivity contribution < 1.29 is 4.65 Å². The van der Waals surface area contributed by atoms with E-state index >= 15 is 0 Å². The molecule has 1 aliphatic rings. The first kappa shape index (κ1) is 17.1. The Morgan fingerprint density at radius 3 is 2.17 bits per heavy atom. The summed E-state index contributed by atoms with van der Waals surface area (Å²) >= 11 is 0. The molecule has 0 unspecified atom stereocenters. The summed E-state index contributed by atoms with van der Waals surface area (Å²) in [6.07, 6.45) is 7.72. The van der Waals surface area contributed by atoms with Gasteiger partial charge in [0.2, 0.25) is 0 Å². The molecule has 3 rings (SSSR count). The van der Waals surface area contributed by atoms with Crippen LogP contribution in [0.3, 0.4) is 0 Å². The first-order chi connectivity index (χ1) is 11.6. The van der Waals surface area contributed by atoms with Gasteiger partial charge in [0, 0.05) is 0 Å². The van der Waals surface area contributed by atoms with Gasteiger partial charge in [-0.15, -0.1) is 0 Å². The Hall–Kier alpha value is -1.70. The molecule has 24 heavy (non-hydrogen) atoms. The molecule has 0 aromatic heterocycles. The number of benzene rings is 2. The molecule has 1 aliphatic carbocycles. The minimum absolute atomic E-state index is 0.285. The lowest BCUT2D eigenvalue weighted by atomic mass is 9.48. The summed E-state index contributed by atoms with van der Waals surface area (Å²) in [6.45, 7) is 6.80. The fraction of sp³-hybridized carbons (Fsp3) is 0.455. The summed E-state index contributed by atoms with van der Waals surface area (Å²) in [6, 6.07) is 15.3. The van der Waals surface area contributed by atoms with Crippen LogP contribution in [0, 0.1) is 20.8 Å². The Bertz CT molecular complexity index is 636. The first-order valence-electron chi connectivity index (χ1n) is 9.42. The second kappa shape index (κ2) is 7.92. The van der Waals surface area contributed by atoms with Crippen molar-refractivity contribution in [2.24, 2.45) is 0 Å². The summed E-state index contributed by atoms with van der Waals surface area (Å²) in [5.41, 5.74) is 5.23. The van der Waals surface area contributed by atoms with E-state index in [9.17, 15) is 0 Å². The van der Waals surface area contributed by atoms with Crippen LogP contribution in [-0.4, -0.2) is 6.92 Å². The van der Waals surface area contributed by atoms with E-state index in [4.69, 9.17) is 4.65 Å². The van der Waals surface area contributed by atoms with Crippen LogP contribution >= 0.6 is 0 Å². The van der Waals surface area contributed by atoms with E-state index in [0.29, 0.717) is 5.82 Å². The Morgan fingerprint density at radius 2 is 1.54 bits per heavy atom. The van der Waals surface area contributed by atoms with Gasteiger partial charge in [-0.25, -0.2) is 0 Å². The fourth-order valence-electron chi connectivity index (χ4n) is 4.16. The molecule has 0 radical (unpaired) electrons. The van der Waals surface area contributed by atoms with Crippen molar-refractivity contribution in [1.82, 2.24) is 0 Å². The Balaban J connectivity index is 1.84. The maximum atomic E-state index is 6.67. The topological polar surface area (TPSA) is 9.23 Å². The van der Waals surface area contributed by atoms with E-state index in [2.05, 4.69) is 63.2 Å². The van der Waals surface area contributed by atoms with Gasteiger partial charge < -0.3 is 4.65 Å². The molecule has 2 aromatic rings. The summed E-state index contributed by atoms with van der Waals surface area (Å²) < 4.78 is 6.67. The molecule has 2 aromatic carbocycles. The van der Waals surface area contributed by atoms with E-state index in [-0.39, 0.29) is 6.92 Å². The second-order valence-electron chi connectivity index (χ2n) is 7.47. The van der Waals surface area contributed by atoms with Crippen molar-refractivity contribution in [1.29, 1.82) is 0 Å². The number of rotatable bonds is 5. The highest BCUT2D eigenvalue weighted by Crippen LogP contribution is 2.35. The molecule has 0 saturated heterocycles. The van der Waals surface area contributed by atoms with E-state index in [1.807, 2.05) is 0 Å². The van der Waals surface area contributed by atoms with Crippen LogP contribution in [0.2, 0.25) is 5.82 Å². The summed E-state index contributed by atoms with van der Waals surface area (Å²) in [5.74, 6) is 1.78. The summed E-state index contributed by atoms with van der Waals surface area (Å²) in [7, 11) is 0. The molecule has 0 aliphatic heterocycles. The predicted molar refractivity (Wildman–Crippen MR) is 104 cm³/mol. The van der Waals surface area contributed by atoms with Gasteiger partial charge in [-0.2, -0.15) is 0 Å². The quantitative estimate of drug-likeness (QED) is 0.605. The molecule has 1 fully saturated rings. The van der Waals surface area contributed by atoms with Gasteiger partial charge in [-0.3, -0.25) is 0 Å². The van der Waals surface area contributed by atoms with Crippen LogP contribution in [0.1, 0.15) is 54.4 Å². The maximum Gasteiger partial charge on any atom is 0.365 e. The molecule has 1 nitrogen and oxygen atoms in total. The third-order valence-electron chi connectivity index (χ3n) is 5.33. The molecule has 0 spiro atoms. The molecule has 126 valence electrons. The largest absolute Gasteiger partial charge is 0.560 e. The monoisotopic (exact) mass is 320 g/mol. The Morgan fingerprint density at radius 1 is 0.917 bits per heavy atom. The summed E-state index contributed by atoms with van der Waals surface area (Å²) in [4.78, 5) is 0. The van der Waals surface area contributed by atoms with Crippen LogP contribution in [0.15, 0.2) is 42.5 Å². The van der Waals surface area contributed by atoms with Crippen molar-refractivity contribution in [3.05, 3.63) is 64.7 Å². The second-order valence-corrected chi connectivity index (χ2v) is 7.47. The standard InChI is InChI=1S/C22H29BO/c1-17-14-18(2)22(19(3)15-17)24-23(21-12-8-5-9-13-21)16-20-10-6-4-7-11-20/h4,6-7,10-11,14-15,21H,5,8-9,12-13,16H2,1-3H3. The molecule has 2 heteroatoms. The SMILES string of the molecule is Cc1cc(C)c(OB(Cc2ccccc2)C2CCCCC2)c(C)c1. The van der Waals surface area contributed by atoms with Crippen LogP contribution in [0.4, 0.5) is 0 Å². The van der Waals surface area contributed by atoms with Gasteiger partial charge in [0.1, 0.15) is 5.75 Å². The lowest BCUT2D eigenvalue weighted by Crippen LogP contribution is -2.33. The highest BCUT2D eigenvalue weighted by atomic mass is 16.4. The molecule has 0 amide bonds. The molecular weight excluding hydrogens is 291 g/mol. The molecule has 1 saturated carbocycles. The van der Waals surface area contributed by atoms with Crippen molar-refractivity contribution in [3.63, 3.8) is 0 Å². The van der Waals surface area contributed by atoms with Crippen molar-refractivity contribution in [2.45, 2.75) is 65.0 Å². The van der Waals surface area contributed by atoms with Gasteiger partial charge in [0.25, 0.3) is 0 Å². The molecule has 0 bridgehead atoms. The Labute approximate surface area is 147 Å². The zero-order chi connectivity index (χ0) is 16.9. The number of hydrogen-bond acceptors (Lipinski definition) is 1. The highest BCUT2D eigenvalue weighted by molar-refractivity contribution is 6.54. The lowest BCUT2D eigenvalue weighted by Gasteiger charge is -2.29. The van der Waals surface area contributed by atoms with Crippen molar-refractivity contribution in [3.8, 4) is 5.75 Å². The zero-order valence-electron chi connectivity index (χ0n) is 15.3. The third-order valence-corrected chi connectivity index (χ3v) is 5.33. The van der Waals surface area contributed by atoms with Crippen molar-refractivity contribution >= 4 is 6.92 Å². The maximum absolute atomic E-state index is 6.67. The molecule has 0 heterocycles. The Kier molecular flexibility index (Phi) is 5.65. The number of hydrogen-bond donors (Lipinski definition) is 0. The van der Waals surface area contributed by atoms with Crippen LogP contribution in [0.5, 0.6) is 5.75 Å². The van der Waals surface area contributed by atoms with Crippen LogP contribution < -0.4 is 4.65 Å². The van der Waals surface area contributed by atoms with Crippen molar-refractivity contribution in [2.75, 3.05) is 0 Å². The van der Waals surface area contributed by atoms with Gasteiger partial charge in [0.15, 0.2) is 0 Å². The average Bonchev–Trinajstić information content (AvgIpc) is 2.58. The zero-order valence-corrected chi connectivity index (χ0v) is 15.3. The van der Waals surface area contributed by atoms with E-state index in [1.54, 1.807) is 0 Å². The average molecular weight is 320 g/mol. The normalized spacial score (nSPS) is 15.3. The minimum Gasteiger partial charge on any atom is -0.560 e. The smallest absolute Gasteiger partial charge is 0.365 e. The fourth-order valence-corrected chi connectivity index (χ4v) is 4.16. The molecule has 0 atom stereocenters. The minimum atomic E-state index is 0.285. The third kappa shape index (κ3) is 4.23. The summed E-state index contributed by atoms with van der Waals surface area (Å²) in [5, 5.41) is 0. The van der Waals surface area contributed by atoms with Crippen LogP contribution in [-0.2, 0) is 6.32 Å². The van der Waals surface area contributed by atoms with E-state index < -0.39 is 0 Å². The lowest BCUT2D eigenvalue weighted by molar-refractivity contribution is 0.448. The van der Waals surface area contributed by atoms with E-state index in [0.717, 1.165) is 12.1 Å². The first-order valence-corrected chi connectivity index (χ1v) is 9.42. The van der Waals surface area contributed by atoms with Gasteiger partial charge >= 0.3 is 6.92 Å². The van der Waals surface area contributed by atoms with E-state index in [1.165, 1.54) is 54.4 Å². The molecule has 0 N–H and O–H groups in total. The van der Waals surface area contributed by atoms with Gasteiger partial charge in [-0.05, 0) is 44.0 Å².